The Balaban J connectivity index is 1.88. The Morgan fingerprint density at radius 3 is 2.32 bits per heavy atom. The Labute approximate surface area is 194 Å². The highest BCUT2D eigenvalue weighted by atomic mass is 32.2. The van der Waals surface area contributed by atoms with Crippen molar-refractivity contribution < 1.29 is 30.8 Å². The average molecular weight is 492 g/mol. The molecular formula is C24H20F4N2O3S. The van der Waals surface area contributed by atoms with E-state index in [1.165, 1.54) is 54.6 Å². The number of alkyl halides is 3. The van der Waals surface area contributed by atoms with Crippen LogP contribution < -0.4 is 9.62 Å². The first-order chi connectivity index (χ1) is 16.0. The van der Waals surface area contributed by atoms with Crippen molar-refractivity contribution in [1.82, 2.24) is 5.32 Å². The van der Waals surface area contributed by atoms with E-state index in [0.717, 1.165) is 28.6 Å². The van der Waals surface area contributed by atoms with Gasteiger partial charge in [0.25, 0.3) is 15.9 Å². The van der Waals surface area contributed by atoms with Gasteiger partial charge in [0.05, 0.1) is 22.7 Å². The summed E-state index contributed by atoms with van der Waals surface area (Å²) in [6.07, 6.45) is -3.40. The van der Waals surface area contributed by atoms with Gasteiger partial charge in [0.2, 0.25) is 0 Å². The van der Waals surface area contributed by atoms with Gasteiger partial charge in [-0.3, -0.25) is 9.10 Å². The Morgan fingerprint density at radius 2 is 1.68 bits per heavy atom. The minimum atomic E-state index is -4.65. The number of halogens is 4. The molecule has 0 aliphatic rings. The number of nitrogens with zero attached hydrogens (tertiary/aromatic N) is 1. The summed E-state index contributed by atoms with van der Waals surface area (Å²) >= 11 is 0. The van der Waals surface area contributed by atoms with Crippen LogP contribution in [0.15, 0.2) is 90.3 Å². The van der Waals surface area contributed by atoms with Crippen LogP contribution >= 0.6 is 0 Å². The summed E-state index contributed by atoms with van der Waals surface area (Å²) < 4.78 is 79.8. The molecule has 0 aliphatic heterocycles. The van der Waals surface area contributed by atoms with Crippen LogP contribution in [0.2, 0.25) is 0 Å². The third-order valence-electron chi connectivity index (χ3n) is 4.81. The number of sulfonamides is 1. The molecule has 0 bridgehead atoms. The molecule has 0 fully saturated rings. The first kappa shape index (κ1) is 25.0. The summed E-state index contributed by atoms with van der Waals surface area (Å²) in [5, 5.41) is 2.61. The summed E-state index contributed by atoms with van der Waals surface area (Å²) in [6.45, 7) is 3.29. The van der Waals surface area contributed by atoms with Crippen molar-refractivity contribution in [2.24, 2.45) is 0 Å². The van der Waals surface area contributed by atoms with Crippen LogP contribution in [0.5, 0.6) is 0 Å². The van der Waals surface area contributed by atoms with Gasteiger partial charge in [-0.1, -0.05) is 30.3 Å². The predicted octanol–water partition coefficient (Wildman–Crippen LogP) is 5.16. The van der Waals surface area contributed by atoms with Gasteiger partial charge in [-0.25, -0.2) is 12.8 Å². The van der Waals surface area contributed by atoms with Crippen LogP contribution in [-0.4, -0.2) is 20.9 Å². The number of hydrogen-bond donors (Lipinski definition) is 1. The highest BCUT2D eigenvalue weighted by Crippen LogP contribution is 2.33. The summed E-state index contributed by atoms with van der Waals surface area (Å²) in [5.41, 5.74) is -0.518. The minimum absolute atomic E-state index is 0.0331. The van der Waals surface area contributed by atoms with Crippen molar-refractivity contribution >= 4 is 21.6 Å². The fourth-order valence-corrected chi connectivity index (χ4v) is 4.58. The standard InChI is InChI=1S/C24H20F4N2O3S/c1-2-13-30(21-7-4-6-19(15-21)24(26,27)28)34(32,33)22-8-3-5-18(14-22)23(31)29-16-17-9-11-20(25)12-10-17/h2-12,14-15H,1,13,16H2,(H,29,31). The van der Waals surface area contributed by atoms with Gasteiger partial charge < -0.3 is 5.32 Å². The minimum Gasteiger partial charge on any atom is -0.348 e. The van der Waals surface area contributed by atoms with E-state index in [9.17, 15) is 30.8 Å². The Kier molecular flexibility index (Phi) is 7.41. The maximum absolute atomic E-state index is 13.3. The van der Waals surface area contributed by atoms with Crippen LogP contribution in [0.3, 0.4) is 0 Å². The van der Waals surface area contributed by atoms with E-state index in [-0.39, 0.29) is 29.2 Å². The molecular weight excluding hydrogens is 472 g/mol. The summed E-state index contributed by atoms with van der Waals surface area (Å²) in [5.74, 6) is -0.992. The molecule has 1 amide bonds. The number of nitrogens with one attached hydrogen (secondary N) is 1. The molecule has 0 heterocycles. The number of rotatable bonds is 8. The second kappa shape index (κ2) is 10.1. The lowest BCUT2D eigenvalue weighted by atomic mass is 10.2. The smallest absolute Gasteiger partial charge is 0.348 e. The van der Waals surface area contributed by atoms with Gasteiger partial charge in [-0.05, 0) is 54.1 Å². The molecule has 0 atom stereocenters. The van der Waals surface area contributed by atoms with Crippen molar-refractivity contribution in [3.8, 4) is 0 Å². The maximum atomic E-state index is 13.3. The van der Waals surface area contributed by atoms with Crippen molar-refractivity contribution in [1.29, 1.82) is 0 Å². The SMILES string of the molecule is C=CCN(c1cccc(C(F)(F)F)c1)S(=O)(=O)c1cccc(C(=O)NCc2ccc(F)cc2)c1. The molecule has 34 heavy (non-hydrogen) atoms. The lowest BCUT2D eigenvalue weighted by Crippen LogP contribution is -2.32. The van der Waals surface area contributed by atoms with Crippen LogP contribution in [0.1, 0.15) is 21.5 Å². The maximum Gasteiger partial charge on any atom is 0.416 e. The van der Waals surface area contributed by atoms with Gasteiger partial charge in [-0.15, -0.1) is 6.58 Å². The molecule has 0 saturated heterocycles. The first-order valence-corrected chi connectivity index (χ1v) is 11.4. The number of carbonyl (C=O) groups is 1. The lowest BCUT2D eigenvalue weighted by molar-refractivity contribution is -0.137. The monoisotopic (exact) mass is 492 g/mol. The molecule has 0 saturated carbocycles. The average Bonchev–Trinajstić information content (AvgIpc) is 2.81. The van der Waals surface area contributed by atoms with E-state index < -0.39 is 33.5 Å². The van der Waals surface area contributed by atoms with Gasteiger partial charge in [0.15, 0.2) is 0 Å². The van der Waals surface area contributed by atoms with E-state index in [1.807, 2.05) is 0 Å². The number of anilines is 1. The zero-order valence-electron chi connectivity index (χ0n) is 17.7. The topological polar surface area (TPSA) is 66.5 Å². The van der Waals surface area contributed by atoms with E-state index in [0.29, 0.717) is 5.56 Å². The van der Waals surface area contributed by atoms with Gasteiger partial charge >= 0.3 is 6.18 Å². The van der Waals surface area contributed by atoms with Crippen molar-refractivity contribution in [3.05, 3.63) is 108 Å². The number of hydrogen-bond acceptors (Lipinski definition) is 3. The van der Waals surface area contributed by atoms with E-state index in [1.54, 1.807) is 0 Å². The molecule has 5 nitrogen and oxygen atoms in total. The van der Waals surface area contributed by atoms with E-state index in [2.05, 4.69) is 11.9 Å². The number of benzene rings is 3. The Hall–Kier alpha value is -3.66. The largest absolute Gasteiger partial charge is 0.416 e. The molecule has 0 radical (unpaired) electrons. The second-order valence-corrected chi connectivity index (χ2v) is 9.07. The van der Waals surface area contributed by atoms with Crippen LogP contribution in [0.25, 0.3) is 0 Å². The molecule has 3 rings (SSSR count). The highest BCUT2D eigenvalue weighted by molar-refractivity contribution is 7.92. The molecule has 0 aliphatic carbocycles. The molecule has 3 aromatic carbocycles. The Bertz CT molecular complexity index is 1290. The fraction of sp³-hybridized carbons (Fsp3) is 0.125. The van der Waals surface area contributed by atoms with Crippen LogP contribution in [-0.2, 0) is 22.7 Å². The summed E-state index contributed by atoms with van der Waals surface area (Å²) in [7, 11) is -4.33. The fourth-order valence-electron chi connectivity index (χ4n) is 3.11. The van der Waals surface area contributed by atoms with Crippen molar-refractivity contribution in [2.45, 2.75) is 17.6 Å². The second-order valence-electron chi connectivity index (χ2n) is 7.21. The zero-order valence-corrected chi connectivity index (χ0v) is 18.5. The van der Waals surface area contributed by atoms with Crippen molar-refractivity contribution in [3.63, 3.8) is 0 Å². The summed E-state index contributed by atoms with van der Waals surface area (Å²) in [6, 6.07) is 14.6. The molecule has 0 aromatic heterocycles. The molecule has 1 N–H and O–H groups in total. The molecule has 0 unspecified atom stereocenters. The van der Waals surface area contributed by atoms with Gasteiger partial charge in [-0.2, -0.15) is 13.2 Å². The highest BCUT2D eigenvalue weighted by Gasteiger charge is 2.32. The first-order valence-electron chi connectivity index (χ1n) is 9.96. The van der Waals surface area contributed by atoms with Crippen LogP contribution in [0.4, 0.5) is 23.2 Å². The predicted molar refractivity (Wildman–Crippen MR) is 120 cm³/mol. The van der Waals surface area contributed by atoms with E-state index in [4.69, 9.17) is 0 Å². The Morgan fingerprint density at radius 1 is 1.00 bits per heavy atom. The van der Waals surface area contributed by atoms with Crippen LogP contribution in [0, 0.1) is 5.82 Å². The third-order valence-corrected chi connectivity index (χ3v) is 6.60. The van der Waals surface area contributed by atoms with Crippen molar-refractivity contribution in [2.75, 3.05) is 10.8 Å². The molecule has 0 spiro atoms. The number of carbonyl (C=O) groups excluding carboxylic acids is 1. The molecule has 3 aromatic rings. The zero-order chi connectivity index (χ0) is 24.9. The quantitative estimate of drug-likeness (QED) is 0.349. The third kappa shape index (κ3) is 5.82. The van der Waals surface area contributed by atoms with Gasteiger partial charge in [0, 0.05) is 12.1 Å². The van der Waals surface area contributed by atoms with E-state index >= 15 is 0 Å². The molecule has 10 heteroatoms. The number of amides is 1. The lowest BCUT2D eigenvalue weighted by Gasteiger charge is -2.24. The summed E-state index contributed by atoms with van der Waals surface area (Å²) in [4.78, 5) is 12.3. The van der Waals surface area contributed by atoms with Gasteiger partial charge in [0.1, 0.15) is 5.82 Å². The molecule has 178 valence electrons. The normalized spacial score (nSPS) is 11.6.